The summed E-state index contributed by atoms with van der Waals surface area (Å²) in [7, 11) is -5.07. The van der Waals surface area contributed by atoms with Gasteiger partial charge in [-0.15, -0.1) is 0 Å². The van der Waals surface area contributed by atoms with Gasteiger partial charge in [0.05, 0.1) is 19.8 Å². The Morgan fingerprint density at radius 2 is 1.03 bits per heavy atom. The van der Waals surface area contributed by atoms with E-state index in [1.165, 1.54) is 103 Å². The van der Waals surface area contributed by atoms with Crippen molar-refractivity contribution >= 4 is 16.4 Å². The number of esters is 1. The molecule has 0 aromatic carbocycles. The second kappa shape index (κ2) is 44.0. The number of aliphatic hydroxyl groups is 3. The molecule has 0 aromatic rings. The molecule has 0 bridgehead atoms. The van der Waals surface area contributed by atoms with Gasteiger partial charge in [0, 0.05) is 13.0 Å². The van der Waals surface area contributed by atoms with Crippen LogP contribution in [0.5, 0.6) is 0 Å². The average Bonchev–Trinajstić information content (AvgIpc) is 3.29. The van der Waals surface area contributed by atoms with Gasteiger partial charge in [-0.05, 0) is 77.0 Å². The van der Waals surface area contributed by atoms with Gasteiger partial charge in [-0.1, -0.05) is 184 Å². The summed E-state index contributed by atoms with van der Waals surface area (Å²) < 4.78 is 59.2. The van der Waals surface area contributed by atoms with Crippen LogP contribution in [0.25, 0.3) is 0 Å². The van der Waals surface area contributed by atoms with Crippen LogP contribution < -0.4 is 0 Å². The van der Waals surface area contributed by atoms with Gasteiger partial charge in [0.25, 0.3) is 0 Å². The predicted molar refractivity (Wildman–Crippen MR) is 266 cm³/mol. The maximum absolute atomic E-state index is 12.9. The first kappa shape index (κ1) is 61.8. The largest absolute Gasteiger partial charge is 0.457 e. The zero-order chi connectivity index (χ0) is 48.2. The van der Waals surface area contributed by atoms with Crippen molar-refractivity contribution in [3.63, 3.8) is 0 Å². The van der Waals surface area contributed by atoms with Crippen LogP contribution >= 0.6 is 0 Å². The van der Waals surface area contributed by atoms with E-state index in [0.717, 1.165) is 77.0 Å². The molecule has 0 radical (unpaired) electrons. The number of ether oxygens (including phenoxy) is 4. The molecule has 6 atom stereocenters. The molecule has 66 heavy (non-hydrogen) atoms. The van der Waals surface area contributed by atoms with Crippen LogP contribution in [-0.2, 0) is 38.3 Å². The van der Waals surface area contributed by atoms with E-state index < -0.39 is 59.8 Å². The van der Waals surface area contributed by atoms with Gasteiger partial charge < -0.3 is 34.3 Å². The first-order chi connectivity index (χ1) is 32.1. The van der Waals surface area contributed by atoms with Crippen molar-refractivity contribution in [2.75, 3.05) is 26.4 Å². The molecule has 4 N–H and O–H groups in total. The molecule has 1 saturated heterocycles. The van der Waals surface area contributed by atoms with E-state index in [1.807, 2.05) is 0 Å². The SMILES string of the molecule is CCC/C=C\C/C=C\CCCCCCCC(=O)OC(COCCCCCCCCCCCCC/C=C\C/C=C\C/C=C\CCCCCCC)COC1OC(CO)C(O)C(OS(=O)(=O)O)C1O. The Morgan fingerprint density at radius 1 is 0.576 bits per heavy atom. The summed E-state index contributed by atoms with van der Waals surface area (Å²) in [6.07, 6.45) is 46.9. The summed E-state index contributed by atoms with van der Waals surface area (Å²) in [5.41, 5.74) is 0. The molecule has 0 aliphatic carbocycles. The van der Waals surface area contributed by atoms with Gasteiger partial charge in [0.2, 0.25) is 0 Å². The van der Waals surface area contributed by atoms with E-state index in [4.69, 9.17) is 18.9 Å². The van der Waals surface area contributed by atoms with Gasteiger partial charge in [-0.3, -0.25) is 9.35 Å². The molecule has 0 spiro atoms. The number of unbranched alkanes of at least 4 members (excludes halogenated alkanes) is 22. The average molecular weight is 955 g/mol. The molecular formula is C53H94O12S. The fraction of sp³-hybridized carbons (Fsp3) is 0.792. The van der Waals surface area contributed by atoms with Crippen LogP contribution in [0.3, 0.4) is 0 Å². The fourth-order valence-electron chi connectivity index (χ4n) is 7.66. The molecule has 1 fully saturated rings. The van der Waals surface area contributed by atoms with E-state index in [9.17, 15) is 33.1 Å². The predicted octanol–water partition coefficient (Wildman–Crippen LogP) is 12.1. The van der Waals surface area contributed by atoms with E-state index in [-0.39, 0.29) is 19.6 Å². The second-order valence-corrected chi connectivity index (χ2v) is 18.8. The smallest absolute Gasteiger partial charge is 0.397 e. The zero-order valence-corrected chi connectivity index (χ0v) is 42.1. The van der Waals surface area contributed by atoms with Gasteiger partial charge in [0.1, 0.15) is 30.5 Å². The molecule has 13 heteroatoms. The summed E-state index contributed by atoms with van der Waals surface area (Å²) in [4.78, 5) is 12.9. The number of allylic oxidation sites excluding steroid dienone is 10. The minimum Gasteiger partial charge on any atom is -0.457 e. The molecule has 1 aliphatic rings. The highest BCUT2D eigenvalue weighted by Crippen LogP contribution is 2.26. The Hall–Kier alpha value is -2.20. The molecule has 384 valence electrons. The summed E-state index contributed by atoms with van der Waals surface area (Å²) in [6, 6.07) is 0. The van der Waals surface area contributed by atoms with Crippen LogP contribution in [-0.4, -0.2) is 97.5 Å². The third-order valence-electron chi connectivity index (χ3n) is 11.6. The highest BCUT2D eigenvalue weighted by atomic mass is 32.3. The Kier molecular flexibility index (Phi) is 41.2. The molecule has 1 aliphatic heterocycles. The van der Waals surface area contributed by atoms with E-state index >= 15 is 0 Å². The lowest BCUT2D eigenvalue weighted by Crippen LogP contribution is -2.60. The van der Waals surface area contributed by atoms with Crippen molar-refractivity contribution in [2.45, 2.75) is 243 Å². The first-order valence-corrected chi connectivity index (χ1v) is 27.4. The lowest BCUT2D eigenvalue weighted by Gasteiger charge is -2.41. The van der Waals surface area contributed by atoms with Gasteiger partial charge in [-0.25, -0.2) is 4.18 Å². The zero-order valence-electron chi connectivity index (χ0n) is 41.2. The van der Waals surface area contributed by atoms with Crippen LogP contribution in [0, 0.1) is 0 Å². The Bertz CT molecular complexity index is 1380. The Morgan fingerprint density at radius 3 is 1.52 bits per heavy atom. The Labute approximate surface area is 401 Å². The third-order valence-corrected chi connectivity index (χ3v) is 12.1. The molecule has 1 rings (SSSR count). The number of carbonyl (C=O) groups is 1. The van der Waals surface area contributed by atoms with Crippen molar-refractivity contribution in [1.29, 1.82) is 0 Å². The summed E-state index contributed by atoms with van der Waals surface area (Å²) in [5, 5.41) is 30.7. The van der Waals surface area contributed by atoms with Gasteiger partial charge in [-0.2, -0.15) is 8.42 Å². The van der Waals surface area contributed by atoms with Crippen molar-refractivity contribution in [3.8, 4) is 0 Å². The van der Waals surface area contributed by atoms with E-state index in [2.05, 4.69) is 78.8 Å². The number of hydrogen-bond donors (Lipinski definition) is 4. The van der Waals surface area contributed by atoms with Gasteiger partial charge >= 0.3 is 16.4 Å². The number of rotatable bonds is 45. The first-order valence-electron chi connectivity index (χ1n) is 26.0. The highest BCUT2D eigenvalue weighted by Gasteiger charge is 2.48. The van der Waals surface area contributed by atoms with Crippen molar-refractivity contribution < 1.29 is 56.2 Å². The minimum absolute atomic E-state index is 0.0263. The van der Waals surface area contributed by atoms with Crippen molar-refractivity contribution in [1.82, 2.24) is 0 Å². The standard InChI is InChI=1S/C53H94O12S/c1-3-5-7-9-11-13-15-17-18-19-20-21-22-23-24-25-26-27-28-29-31-33-35-37-39-41-43-61-45-47(46-62-53-51(57)52(65-66(58,59)60)50(56)48(44-54)64-53)63-49(55)42-40-38-36-34-32-30-16-14-12-10-8-6-4-2/h8,10,14-17,19-20,22-23,47-48,50-54,56-57H,3-7,9,11-13,18,21,24-46H2,1-2H3,(H,58,59,60)/b10-8-,16-14-,17-15-,20-19-,23-22-. The lowest BCUT2D eigenvalue weighted by molar-refractivity contribution is -0.301. The second-order valence-electron chi connectivity index (χ2n) is 17.8. The molecule has 0 saturated carbocycles. The van der Waals surface area contributed by atoms with E-state index in [1.54, 1.807) is 0 Å². The van der Waals surface area contributed by atoms with E-state index in [0.29, 0.717) is 13.0 Å². The molecule has 6 unspecified atom stereocenters. The number of aliphatic hydroxyl groups excluding tert-OH is 3. The minimum atomic E-state index is -5.07. The monoisotopic (exact) mass is 955 g/mol. The number of hydrogen-bond acceptors (Lipinski definition) is 11. The molecular weight excluding hydrogens is 861 g/mol. The van der Waals surface area contributed by atoms with Gasteiger partial charge in [0.15, 0.2) is 6.29 Å². The normalized spacial score (nSPS) is 20.0. The highest BCUT2D eigenvalue weighted by molar-refractivity contribution is 7.80. The fourth-order valence-corrected chi connectivity index (χ4v) is 8.17. The number of carbonyl (C=O) groups excluding carboxylic acids is 1. The Balaban J connectivity index is 2.31. The summed E-state index contributed by atoms with van der Waals surface area (Å²) in [5.74, 6) is -0.416. The molecule has 0 aromatic heterocycles. The molecule has 12 nitrogen and oxygen atoms in total. The van der Waals surface area contributed by atoms with Crippen LogP contribution in [0.1, 0.15) is 206 Å². The molecule has 1 heterocycles. The maximum Gasteiger partial charge on any atom is 0.397 e. The van der Waals surface area contributed by atoms with Crippen LogP contribution in [0.4, 0.5) is 0 Å². The summed E-state index contributed by atoms with van der Waals surface area (Å²) in [6.45, 7) is 3.89. The summed E-state index contributed by atoms with van der Waals surface area (Å²) >= 11 is 0. The van der Waals surface area contributed by atoms with Crippen molar-refractivity contribution in [2.24, 2.45) is 0 Å². The third kappa shape index (κ3) is 36.8. The maximum atomic E-state index is 12.9. The quantitative estimate of drug-likeness (QED) is 0.0197. The topological polar surface area (TPSA) is 178 Å². The molecule has 0 amide bonds. The van der Waals surface area contributed by atoms with Crippen LogP contribution in [0.15, 0.2) is 60.8 Å². The van der Waals surface area contributed by atoms with Crippen molar-refractivity contribution in [3.05, 3.63) is 60.8 Å². The van der Waals surface area contributed by atoms with Crippen LogP contribution in [0.2, 0.25) is 0 Å². The lowest BCUT2D eigenvalue weighted by atomic mass is 9.99.